The number of hydrogen-bond acceptors (Lipinski definition) is 1. The molecule has 1 atom stereocenters. The molecule has 1 nitrogen and oxygen atoms in total. The van der Waals surface area contributed by atoms with E-state index in [4.69, 9.17) is 5.73 Å². The van der Waals surface area contributed by atoms with Crippen molar-refractivity contribution >= 4 is 0 Å². The topological polar surface area (TPSA) is 26.0 Å². The van der Waals surface area contributed by atoms with E-state index in [0.717, 1.165) is 12.0 Å². The summed E-state index contributed by atoms with van der Waals surface area (Å²) in [5.74, 6) is 0. The summed E-state index contributed by atoms with van der Waals surface area (Å²) in [6.45, 7) is 7.74. The highest BCUT2D eigenvalue weighted by molar-refractivity contribution is 5.05. The first-order chi connectivity index (χ1) is 4.72. The SMILES string of the molecule is C=C=C(CCCC)C(C)N. The van der Waals surface area contributed by atoms with Gasteiger partial charge in [0.2, 0.25) is 0 Å². The molecule has 0 saturated carbocycles. The molecule has 10 heavy (non-hydrogen) atoms. The average Bonchev–Trinajstić information content (AvgIpc) is 1.89. The molecule has 0 aliphatic heterocycles. The van der Waals surface area contributed by atoms with Gasteiger partial charge in [0, 0.05) is 6.04 Å². The summed E-state index contributed by atoms with van der Waals surface area (Å²) >= 11 is 0. The molecule has 2 N–H and O–H groups in total. The van der Waals surface area contributed by atoms with Crippen molar-refractivity contribution in [3.8, 4) is 0 Å². The van der Waals surface area contributed by atoms with E-state index in [1.807, 2.05) is 6.92 Å². The molecule has 0 aromatic carbocycles. The lowest BCUT2D eigenvalue weighted by molar-refractivity contribution is 0.723. The fraction of sp³-hybridized carbons (Fsp3) is 0.667. The third kappa shape index (κ3) is 3.49. The summed E-state index contributed by atoms with van der Waals surface area (Å²) in [7, 11) is 0. The van der Waals surface area contributed by atoms with Crippen LogP contribution in [0.15, 0.2) is 17.9 Å². The molecule has 0 radical (unpaired) electrons. The summed E-state index contributed by atoms with van der Waals surface area (Å²) in [6.07, 6.45) is 3.45. The third-order valence-corrected chi connectivity index (χ3v) is 1.58. The monoisotopic (exact) mass is 139 g/mol. The van der Waals surface area contributed by atoms with E-state index < -0.39 is 0 Å². The van der Waals surface area contributed by atoms with Crippen LogP contribution in [0.3, 0.4) is 0 Å². The Hall–Kier alpha value is -0.520. The molecule has 0 aromatic heterocycles. The minimum Gasteiger partial charge on any atom is -0.324 e. The zero-order valence-electron chi connectivity index (χ0n) is 6.98. The third-order valence-electron chi connectivity index (χ3n) is 1.58. The predicted octanol–water partition coefficient (Wildman–Crippen LogP) is 2.24. The van der Waals surface area contributed by atoms with Gasteiger partial charge in [0.25, 0.3) is 0 Å². The first-order valence-electron chi connectivity index (χ1n) is 3.86. The number of hydrogen-bond donors (Lipinski definition) is 1. The average molecular weight is 139 g/mol. The molecule has 0 aromatic rings. The zero-order chi connectivity index (χ0) is 7.98. The second kappa shape index (κ2) is 5.28. The van der Waals surface area contributed by atoms with Gasteiger partial charge >= 0.3 is 0 Å². The molecular weight excluding hydrogens is 122 g/mol. The number of rotatable bonds is 4. The lowest BCUT2D eigenvalue weighted by atomic mass is 10.0. The van der Waals surface area contributed by atoms with Crippen molar-refractivity contribution in [1.82, 2.24) is 0 Å². The van der Waals surface area contributed by atoms with Crippen LogP contribution in [0.4, 0.5) is 0 Å². The van der Waals surface area contributed by atoms with Gasteiger partial charge in [0.15, 0.2) is 0 Å². The maximum absolute atomic E-state index is 5.65. The lowest BCUT2D eigenvalue weighted by Gasteiger charge is -2.06. The van der Waals surface area contributed by atoms with Gasteiger partial charge in [-0.1, -0.05) is 19.9 Å². The Morgan fingerprint density at radius 1 is 1.70 bits per heavy atom. The summed E-state index contributed by atoms with van der Waals surface area (Å²) in [6, 6.07) is 0.129. The van der Waals surface area contributed by atoms with Crippen molar-refractivity contribution in [2.75, 3.05) is 0 Å². The zero-order valence-corrected chi connectivity index (χ0v) is 6.98. The van der Waals surface area contributed by atoms with Crippen molar-refractivity contribution in [1.29, 1.82) is 0 Å². The standard InChI is InChI=1S/C9H17N/c1-4-6-7-9(5-2)8(3)10/h8H,2,4,6-7,10H2,1,3H3. The molecule has 58 valence electrons. The number of nitrogens with two attached hydrogens (primary N) is 1. The van der Waals surface area contributed by atoms with Gasteiger partial charge in [-0.2, -0.15) is 0 Å². The molecule has 1 heteroatoms. The van der Waals surface area contributed by atoms with E-state index in [1.165, 1.54) is 12.8 Å². The second-order valence-corrected chi connectivity index (χ2v) is 2.59. The highest BCUT2D eigenvalue weighted by Crippen LogP contribution is 2.07. The Kier molecular flexibility index (Phi) is 5.00. The molecule has 0 spiro atoms. The van der Waals surface area contributed by atoms with Gasteiger partial charge in [-0.25, -0.2) is 0 Å². The van der Waals surface area contributed by atoms with Gasteiger partial charge in [-0.05, 0) is 25.3 Å². The van der Waals surface area contributed by atoms with Crippen LogP contribution in [0.25, 0.3) is 0 Å². The minimum absolute atomic E-state index is 0.129. The first kappa shape index (κ1) is 9.48. The summed E-state index contributed by atoms with van der Waals surface area (Å²) in [5.41, 5.74) is 9.68. The molecular formula is C9H17N. The Bertz CT molecular complexity index is 130. The van der Waals surface area contributed by atoms with Crippen LogP contribution in [0, 0.1) is 0 Å². The highest BCUT2D eigenvalue weighted by Gasteiger charge is 1.99. The van der Waals surface area contributed by atoms with E-state index in [2.05, 4.69) is 19.2 Å². The fourth-order valence-corrected chi connectivity index (χ4v) is 0.844. The van der Waals surface area contributed by atoms with Crippen molar-refractivity contribution in [3.63, 3.8) is 0 Å². The van der Waals surface area contributed by atoms with E-state index in [-0.39, 0.29) is 6.04 Å². The smallest absolute Gasteiger partial charge is 0.0300 e. The Morgan fingerprint density at radius 3 is 2.60 bits per heavy atom. The minimum atomic E-state index is 0.129. The van der Waals surface area contributed by atoms with Crippen LogP contribution in [-0.2, 0) is 0 Å². The molecule has 0 bridgehead atoms. The molecule has 0 saturated heterocycles. The fourth-order valence-electron chi connectivity index (χ4n) is 0.844. The van der Waals surface area contributed by atoms with Gasteiger partial charge in [0.1, 0.15) is 0 Å². The highest BCUT2D eigenvalue weighted by atomic mass is 14.6. The molecule has 0 aliphatic carbocycles. The lowest BCUT2D eigenvalue weighted by Crippen LogP contribution is -2.17. The van der Waals surface area contributed by atoms with Gasteiger partial charge in [0.05, 0.1) is 0 Å². The molecule has 0 aliphatic rings. The number of unbranched alkanes of at least 4 members (excludes halogenated alkanes) is 1. The predicted molar refractivity (Wildman–Crippen MR) is 45.8 cm³/mol. The second-order valence-electron chi connectivity index (χ2n) is 2.59. The quantitative estimate of drug-likeness (QED) is 0.594. The maximum atomic E-state index is 5.65. The van der Waals surface area contributed by atoms with E-state index >= 15 is 0 Å². The molecule has 0 rings (SSSR count). The molecule has 0 fully saturated rings. The van der Waals surface area contributed by atoms with Crippen LogP contribution in [0.2, 0.25) is 0 Å². The van der Waals surface area contributed by atoms with Crippen molar-refractivity contribution < 1.29 is 0 Å². The normalized spacial score (nSPS) is 12.3. The van der Waals surface area contributed by atoms with Crippen LogP contribution in [0.1, 0.15) is 33.1 Å². The van der Waals surface area contributed by atoms with Gasteiger partial charge in [-0.3, -0.25) is 0 Å². The van der Waals surface area contributed by atoms with Crippen molar-refractivity contribution in [2.24, 2.45) is 5.73 Å². The van der Waals surface area contributed by atoms with E-state index in [9.17, 15) is 0 Å². The van der Waals surface area contributed by atoms with Crippen molar-refractivity contribution in [2.45, 2.75) is 39.2 Å². The van der Waals surface area contributed by atoms with Crippen LogP contribution >= 0.6 is 0 Å². The van der Waals surface area contributed by atoms with E-state index in [0.29, 0.717) is 0 Å². The van der Waals surface area contributed by atoms with Crippen LogP contribution < -0.4 is 5.73 Å². The van der Waals surface area contributed by atoms with Crippen molar-refractivity contribution in [3.05, 3.63) is 17.9 Å². The first-order valence-corrected chi connectivity index (χ1v) is 3.86. The molecule has 1 unspecified atom stereocenters. The van der Waals surface area contributed by atoms with Gasteiger partial charge in [-0.15, -0.1) is 5.73 Å². The van der Waals surface area contributed by atoms with Crippen LogP contribution in [-0.4, -0.2) is 6.04 Å². The van der Waals surface area contributed by atoms with Crippen LogP contribution in [0.5, 0.6) is 0 Å². The Morgan fingerprint density at radius 2 is 2.30 bits per heavy atom. The maximum Gasteiger partial charge on any atom is 0.0300 e. The summed E-state index contributed by atoms with van der Waals surface area (Å²) < 4.78 is 0. The summed E-state index contributed by atoms with van der Waals surface area (Å²) in [4.78, 5) is 0. The largest absolute Gasteiger partial charge is 0.324 e. The summed E-state index contributed by atoms with van der Waals surface area (Å²) in [5, 5.41) is 0. The Balaban J connectivity index is 3.75. The van der Waals surface area contributed by atoms with Gasteiger partial charge < -0.3 is 5.73 Å². The molecule has 0 amide bonds. The van der Waals surface area contributed by atoms with E-state index in [1.54, 1.807) is 0 Å². The Labute approximate surface area is 63.6 Å². The molecule has 0 heterocycles.